The van der Waals surface area contributed by atoms with E-state index in [2.05, 4.69) is 90.5 Å². The van der Waals surface area contributed by atoms with Crippen LogP contribution in [0.3, 0.4) is 0 Å². The number of nitrogens with zero attached hydrogens (tertiary/aromatic N) is 3. The number of pyridine rings is 1. The molecular weight excluding hydrogens is 366 g/mol. The van der Waals surface area contributed by atoms with Crippen molar-refractivity contribution in [3.05, 3.63) is 102 Å². The van der Waals surface area contributed by atoms with Gasteiger partial charge in [0.25, 0.3) is 0 Å². The Morgan fingerprint density at radius 2 is 1.33 bits per heavy atom. The van der Waals surface area contributed by atoms with Gasteiger partial charge in [0.05, 0.1) is 11.4 Å². The standard InChI is InChI=1S/C27H27N3/c1-19(2)27(4,24-12-8-21(9-13-24)23-6-5-17-28-18-23)25-14-10-22(11-15-25)26-16-7-20(3)29-30-26/h5-19H,1-4H3. The molecule has 1 unspecified atom stereocenters. The lowest BCUT2D eigenvalue weighted by Crippen LogP contribution is -2.30. The molecule has 0 saturated carbocycles. The first-order chi connectivity index (χ1) is 14.5. The molecule has 0 N–H and O–H groups in total. The van der Waals surface area contributed by atoms with Gasteiger partial charge in [0.15, 0.2) is 0 Å². The number of rotatable bonds is 5. The van der Waals surface area contributed by atoms with Gasteiger partial charge in [-0.2, -0.15) is 10.2 Å². The summed E-state index contributed by atoms with van der Waals surface area (Å²) in [4.78, 5) is 4.24. The van der Waals surface area contributed by atoms with Gasteiger partial charge in [0, 0.05) is 23.4 Å². The maximum Gasteiger partial charge on any atom is 0.0929 e. The smallest absolute Gasteiger partial charge is 0.0929 e. The molecule has 3 heteroatoms. The third kappa shape index (κ3) is 3.76. The third-order valence-electron chi connectivity index (χ3n) is 6.21. The van der Waals surface area contributed by atoms with Gasteiger partial charge < -0.3 is 0 Å². The van der Waals surface area contributed by atoms with Crippen LogP contribution in [0, 0.1) is 12.8 Å². The molecule has 0 radical (unpaired) electrons. The molecule has 0 spiro atoms. The van der Waals surface area contributed by atoms with Crippen molar-refractivity contribution < 1.29 is 0 Å². The summed E-state index contributed by atoms with van der Waals surface area (Å²) in [5, 5.41) is 8.50. The van der Waals surface area contributed by atoms with Crippen LogP contribution in [0.4, 0.5) is 0 Å². The molecular formula is C27H27N3. The van der Waals surface area contributed by atoms with E-state index in [9.17, 15) is 0 Å². The Balaban J connectivity index is 1.68. The zero-order valence-corrected chi connectivity index (χ0v) is 18.0. The van der Waals surface area contributed by atoms with E-state index in [-0.39, 0.29) is 5.41 Å². The van der Waals surface area contributed by atoms with Crippen LogP contribution in [0.2, 0.25) is 0 Å². The van der Waals surface area contributed by atoms with Crippen molar-refractivity contribution in [2.75, 3.05) is 0 Å². The number of benzene rings is 2. The Hall–Kier alpha value is -3.33. The minimum atomic E-state index is -0.0923. The molecule has 1 atom stereocenters. The van der Waals surface area contributed by atoms with E-state index in [4.69, 9.17) is 0 Å². The fraction of sp³-hybridized carbons (Fsp3) is 0.222. The van der Waals surface area contributed by atoms with Gasteiger partial charge in [-0.1, -0.05) is 75.4 Å². The summed E-state index contributed by atoms with van der Waals surface area (Å²) in [6.07, 6.45) is 3.71. The monoisotopic (exact) mass is 393 g/mol. The van der Waals surface area contributed by atoms with Crippen LogP contribution in [-0.4, -0.2) is 15.2 Å². The summed E-state index contributed by atoms with van der Waals surface area (Å²) in [5.41, 5.74) is 7.76. The fourth-order valence-electron chi connectivity index (χ4n) is 3.92. The SMILES string of the molecule is Cc1ccc(-c2ccc(C(C)(c3ccc(-c4cccnc4)cc3)C(C)C)cc2)nn1. The molecule has 0 saturated heterocycles. The number of hydrogen-bond donors (Lipinski definition) is 0. The summed E-state index contributed by atoms with van der Waals surface area (Å²) < 4.78 is 0. The molecule has 2 heterocycles. The minimum absolute atomic E-state index is 0.0923. The molecule has 0 fully saturated rings. The highest BCUT2D eigenvalue weighted by Crippen LogP contribution is 2.40. The summed E-state index contributed by atoms with van der Waals surface area (Å²) in [7, 11) is 0. The molecule has 0 aliphatic rings. The Morgan fingerprint density at radius 1 is 0.700 bits per heavy atom. The van der Waals surface area contributed by atoms with E-state index >= 15 is 0 Å². The normalized spacial score (nSPS) is 13.2. The van der Waals surface area contributed by atoms with E-state index in [1.54, 1.807) is 6.20 Å². The largest absolute Gasteiger partial charge is 0.264 e. The van der Waals surface area contributed by atoms with Crippen molar-refractivity contribution in [2.24, 2.45) is 5.92 Å². The highest BCUT2D eigenvalue weighted by Gasteiger charge is 2.32. The lowest BCUT2D eigenvalue weighted by molar-refractivity contribution is 0.405. The molecule has 2 aromatic carbocycles. The van der Waals surface area contributed by atoms with Gasteiger partial charge in [-0.15, -0.1) is 0 Å². The van der Waals surface area contributed by atoms with Gasteiger partial charge in [-0.05, 0) is 53.3 Å². The van der Waals surface area contributed by atoms with Crippen molar-refractivity contribution in [1.29, 1.82) is 0 Å². The van der Waals surface area contributed by atoms with Gasteiger partial charge in [-0.3, -0.25) is 4.98 Å². The average molecular weight is 394 g/mol. The predicted octanol–water partition coefficient (Wildman–Crippen LogP) is 6.48. The summed E-state index contributed by atoms with van der Waals surface area (Å²) in [6.45, 7) is 8.85. The number of hydrogen-bond acceptors (Lipinski definition) is 3. The van der Waals surface area contributed by atoms with Crippen LogP contribution in [-0.2, 0) is 5.41 Å². The molecule has 150 valence electrons. The summed E-state index contributed by atoms with van der Waals surface area (Å²) in [5.74, 6) is 0.437. The van der Waals surface area contributed by atoms with E-state index in [1.807, 2.05) is 31.3 Å². The zero-order valence-electron chi connectivity index (χ0n) is 18.0. The lowest BCUT2D eigenvalue weighted by Gasteiger charge is -2.35. The molecule has 0 aliphatic carbocycles. The first-order valence-electron chi connectivity index (χ1n) is 10.4. The molecule has 30 heavy (non-hydrogen) atoms. The average Bonchev–Trinajstić information content (AvgIpc) is 2.80. The number of aryl methyl sites for hydroxylation is 1. The molecule has 2 aromatic heterocycles. The van der Waals surface area contributed by atoms with Crippen LogP contribution in [0.5, 0.6) is 0 Å². The molecule has 0 bridgehead atoms. The Kier molecular flexibility index (Phi) is 5.45. The number of aromatic nitrogens is 3. The molecule has 3 nitrogen and oxygen atoms in total. The molecule has 0 aliphatic heterocycles. The van der Waals surface area contributed by atoms with Gasteiger partial charge in [0.1, 0.15) is 0 Å². The van der Waals surface area contributed by atoms with Crippen molar-refractivity contribution in [3.63, 3.8) is 0 Å². The van der Waals surface area contributed by atoms with Crippen molar-refractivity contribution >= 4 is 0 Å². The molecule has 4 rings (SSSR count). The van der Waals surface area contributed by atoms with Gasteiger partial charge >= 0.3 is 0 Å². The van der Waals surface area contributed by atoms with Crippen LogP contribution in [0.15, 0.2) is 85.2 Å². The van der Waals surface area contributed by atoms with Crippen molar-refractivity contribution in [2.45, 2.75) is 33.1 Å². The van der Waals surface area contributed by atoms with Crippen LogP contribution < -0.4 is 0 Å². The van der Waals surface area contributed by atoms with Gasteiger partial charge in [0.2, 0.25) is 0 Å². The molecule has 4 aromatic rings. The highest BCUT2D eigenvalue weighted by atomic mass is 15.1. The van der Waals surface area contributed by atoms with E-state index in [0.717, 1.165) is 22.5 Å². The maximum atomic E-state index is 4.32. The van der Waals surface area contributed by atoms with Gasteiger partial charge in [-0.25, -0.2) is 0 Å². The first-order valence-corrected chi connectivity index (χ1v) is 10.4. The maximum absolute atomic E-state index is 4.32. The van der Waals surface area contributed by atoms with Crippen molar-refractivity contribution in [1.82, 2.24) is 15.2 Å². The second kappa shape index (κ2) is 8.19. The van der Waals surface area contributed by atoms with Crippen molar-refractivity contribution in [3.8, 4) is 22.4 Å². The molecule has 0 amide bonds. The quantitative estimate of drug-likeness (QED) is 0.390. The van der Waals surface area contributed by atoms with Crippen LogP contribution >= 0.6 is 0 Å². The fourth-order valence-corrected chi connectivity index (χ4v) is 3.92. The van der Waals surface area contributed by atoms with E-state index in [0.29, 0.717) is 5.92 Å². The van der Waals surface area contributed by atoms with E-state index < -0.39 is 0 Å². The zero-order chi connectivity index (χ0) is 21.1. The summed E-state index contributed by atoms with van der Waals surface area (Å²) >= 11 is 0. The predicted molar refractivity (Wildman–Crippen MR) is 123 cm³/mol. The second-order valence-electron chi connectivity index (χ2n) is 8.31. The minimum Gasteiger partial charge on any atom is -0.264 e. The topological polar surface area (TPSA) is 38.7 Å². The van der Waals surface area contributed by atoms with Crippen LogP contribution in [0.25, 0.3) is 22.4 Å². The third-order valence-corrected chi connectivity index (χ3v) is 6.21. The highest BCUT2D eigenvalue weighted by molar-refractivity contribution is 5.63. The Labute approximate surface area is 178 Å². The van der Waals surface area contributed by atoms with E-state index in [1.165, 1.54) is 16.7 Å². The van der Waals surface area contributed by atoms with Crippen LogP contribution in [0.1, 0.15) is 37.6 Å². The Bertz CT molecular complexity index is 1100. The first kappa shape index (κ1) is 20.0. The lowest BCUT2D eigenvalue weighted by atomic mass is 9.68. The second-order valence-corrected chi connectivity index (χ2v) is 8.31. The summed E-state index contributed by atoms with van der Waals surface area (Å²) in [6, 6.07) is 25.7. The Morgan fingerprint density at radius 3 is 1.83 bits per heavy atom.